The predicted octanol–water partition coefficient (Wildman–Crippen LogP) is 4.57. The van der Waals surface area contributed by atoms with Crippen molar-refractivity contribution in [2.75, 3.05) is 23.3 Å². The van der Waals surface area contributed by atoms with Crippen molar-refractivity contribution in [2.45, 2.75) is 19.0 Å². The fourth-order valence-electron chi connectivity index (χ4n) is 3.27. The van der Waals surface area contributed by atoms with E-state index < -0.39 is 17.6 Å². The number of nitrogens with zero attached hydrogens (tertiary/aromatic N) is 2. The lowest BCUT2D eigenvalue weighted by Gasteiger charge is -2.34. The largest absolute Gasteiger partial charge is 0.418 e. The number of amides is 1. The predicted molar refractivity (Wildman–Crippen MR) is 96.1 cm³/mol. The van der Waals surface area contributed by atoms with Gasteiger partial charge in [0.2, 0.25) is 5.91 Å². The van der Waals surface area contributed by atoms with Crippen molar-refractivity contribution in [2.24, 2.45) is 5.92 Å². The number of benzene rings is 2. The molecule has 1 heterocycles. The second kappa shape index (κ2) is 7.89. The summed E-state index contributed by atoms with van der Waals surface area (Å²) in [5.41, 5.74) is -0.408. The molecular formula is C20H17F4N3O. The van der Waals surface area contributed by atoms with Crippen molar-refractivity contribution in [3.8, 4) is 6.07 Å². The van der Waals surface area contributed by atoms with Crippen LogP contribution in [0.15, 0.2) is 42.5 Å². The van der Waals surface area contributed by atoms with Crippen molar-refractivity contribution < 1.29 is 22.4 Å². The van der Waals surface area contributed by atoms with Crippen LogP contribution in [0.1, 0.15) is 24.0 Å². The van der Waals surface area contributed by atoms with Gasteiger partial charge in [0.1, 0.15) is 5.82 Å². The number of nitriles is 1. The molecule has 2 aromatic carbocycles. The van der Waals surface area contributed by atoms with Crippen molar-refractivity contribution >= 4 is 17.3 Å². The molecule has 2 aromatic rings. The topological polar surface area (TPSA) is 56.1 Å². The molecule has 0 radical (unpaired) electrons. The van der Waals surface area contributed by atoms with Crippen molar-refractivity contribution in [3.63, 3.8) is 0 Å². The Hall–Kier alpha value is -3.08. The van der Waals surface area contributed by atoms with Crippen LogP contribution in [0.4, 0.5) is 28.9 Å². The second-order valence-corrected chi connectivity index (χ2v) is 6.60. The molecule has 146 valence electrons. The number of carbonyl (C=O) groups is 1. The average Bonchev–Trinajstić information content (AvgIpc) is 2.68. The maximum absolute atomic E-state index is 13.4. The fraction of sp³-hybridized carbons (Fsp3) is 0.300. The van der Waals surface area contributed by atoms with Gasteiger partial charge in [0.05, 0.1) is 17.2 Å². The van der Waals surface area contributed by atoms with Crippen molar-refractivity contribution in [1.82, 2.24) is 0 Å². The molecule has 0 spiro atoms. The van der Waals surface area contributed by atoms with E-state index in [-0.39, 0.29) is 36.2 Å². The number of piperidine rings is 1. The Balaban J connectivity index is 1.68. The van der Waals surface area contributed by atoms with Gasteiger partial charge in [-0.15, -0.1) is 0 Å². The molecular weight excluding hydrogens is 374 g/mol. The Morgan fingerprint density at radius 3 is 2.32 bits per heavy atom. The number of hydrogen-bond acceptors (Lipinski definition) is 3. The summed E-state index contributed by atoms with van der Waals surface area (Å²) >= 11 is 0. The second-order valence-electron chi connectivity index (χ2n) is 6.60. The number of carbonyl (C=O) groups excluding carboxylic acids is 1. The van der Waals surface area contributed by atoms with Gasteiger partial charge in [0.25, 0.3) is 0 Å². The van der Waals surface area contributed by atoms with Gasteiger partial charge in [-0.2, -0.15) is 18.4 Å². The minimum absolute atomic E-state index is 0.0175. The zero-order chi connectivity index (χ0) is 20.3. The number of halogens is 4. The molecule has 1 fully saturated rings. The molecule has 0 atom stereocenters. The third kappa shape index (κ3) is 4.42. The van der Waals surface area contributed by atoms with Crippen LogP contribution in [-0.2, 0) is 11.0 Å². The first kappa shape index (κ1) is 19.7. The molecule has 0 aromatic heterocycles. The minimum atomic E-state index is -4.57. The number of nitrogens with one attached hydrogen (secondary N) is 1. The molecule has 1 saturated heterocycles. The van der Waals surface area contributed by atoms with Gasteiger partial charge in [-0.3, -0.25) is 4.79 Å². The quantitative estimate of drug-likeness (QED) is 0.780. The van der Waals surface area contributed by atoms with Gasteiger partial charge in [0, 0.05) is 30.4 Å². The van der Waals surface area contributed by atoms with Crippen molar-refractivity contribution in [1.29, 1.82) is 5.26 Å². The normalized spacial score (nSPS) is 15.2. The SMILES string of the molecule is N#Cc1ccc(N2CCC(C(=O)Nc3ccc(F)cc3)CC2)c(C(F)(F)F)c1. The maximum Gasteiger partial charge on any atom is 0.418 e. The van der Waals surface area contributed by atoms with Crippen molar-refractivity contribution in [3.05, 3.63) is 59.4 Å². The smallest absolute Gasteiger partial charge is 0.371 e. The Morgan fingerprint density at radius 2 is 1.75 bits per heavy atom. The Kier molecular flexibility index (Phi) is 5.54. The summed E-state index contributed by atoms with van der Waals surface area (Å²) in [6.07, 6.45) is -3.78. The summed E-state index contributed by atoms with van der Waals surface area (Å²) in [5.74, 6) is -0.981. The van der Waals surface area contributed by atoms with Crippen LogP contribution in [0.2, 0.25) is 0 Å². The van der Waals surface area contributed by atoms with Gasteiger partial charge in [-0.25, -0.2) is 4.39 Å². The number of alkyl halides is 3. The summed E-state index contributed by atoms with van der Waals surface area (Å²) < 4.78 is 53.0. The molecule has 0 bridgehead atoms. The first-order valence-corrected chi connectivity index (χ1v) is 8.70. The lowest BCUT2D eigenvalue weighted by atomic mass is 9.94. The van der Waals surface area contributed by atoms with E-state index in [2.05, 4.69) is 5.32 Å². The third-order valence-electron chi connectivity index (χ3n) is 4.75. The van der Waals surface area contributed by atoms with Gasteiger partial charge in [-0.05, 0) is 55.3 Å². The molecule has 1 aliphatic heterocycles. The fourth-order valence-corrected chi connectivity index (χ4v) is 3.27. The Bertz CT molecular complexity index is 895. The summed E-state index contributed by atoms with van der Waals surface area (Å²) in [6, 6.07) is 10.6. The molecule has 1 N–H and O–H groups in total. The first-order valence-electron chi connectivity index (χ1n) is 8.70. The van der Waals surface area contributed by atoms with E-state index >= 15 is 0 Å². The molecule has 4 nitrogen and oxygen atoms in total. The molecule has 3 rings (SSSR count). The average molecular weight is 391 g/mol. The van der Waals surface area contributed by atoms with E-state index in [1.165, 1.54) is 36.4 Å². The Labute approximate surface area is 159 Å². The van der Waals surface area contributed by atoms with Crippen LogP contribution in [-0.4, -0.2) is 19.0 Å². The zero-order valence-electron chi connectivity index (χ0n) is 14.8. The summed E-state index contributed by atoms with van der Waals surface area (Å²) in [5, 5.41) is 11.6. The standard InChI is InChI=1S/C20H17F4N3O/c21-15-2-4-16(5-3-15)26-19(28)14-7-9-27(10-8-14)18-6-1-13(12-25)11-17(18)20(22,23)24/h1-6,11,14H,7-10H2,(H,26,28). The molecule has 0 aliphatic carbocycles. The lowest BCUT2D eigenvalue weighted by Crippen LogP contribution is -2.39. The van der Waals surface area contributed by atoms with Gasteiger partial charge < -0.3 is 10.2 Å². The van der Waals surface area contributed by atoms with E-state index in [9.17, 15) is 22.4 Å². The minimum Gasteiger partial charge on any atom is -0.371 e. The number of anilines is 2. The summed E-state index contributed by atoms with van der Waals surface area (Å²) in [4.78, 5) is 14.0. The monoisotopic (exact) mass is 391 g/mol. The van der Waals surface area contributed by atoms with Crippen LogP contribution in [0.5, 0.6) is 0 Å². The molecule has 28 heavy (non-hydrogen) atoms. The highest BCUT2D eigenvalue weighted by Gasteiger charge is 2.36. The molecule has 1 amide bonds. The number of hydrogen-bond donors (Lipinski definition) is 1. The maximum atomic E-state index is 13.4. The highest BCUT2D eigenvalue weighted by molar-refractivity contribution is 5.92. The van der Waals surface area contributed by atoms with Crippen LogP contribution >= 0.6 is 0 Å². The molecule has 1 aliphatic rings. The van der Waals surface area contributed by atoms with Gasteiger partial charge in [0.15, 0.2) is 0 Å². The first-order chi connectivity index (χ1) is 13.3. The summed E-state index contributed by atoms with van der Waals surface area (Å²) in [7, 11) is 0. The Morgan fingerprint density at radius 1 is 1.11 bits per heavy atom. The van der Waals surface area contributed by atoms with E-state index in [4.69, 9.17) is 5.26 Å². The zero-order valence-corrected chi connectivity index (χ0v) is 14.8. The molecule has 0 saturated carbocycles. The van der Waals surface area contributed by atoms with E-state index in [0.717, 1.165) is 6.07 Å². The lowest BCUT2D eigenvalue weighted by molar-refractivity contribution is -0.137. The van der Waals surface area contributed by atoms with Crippen LogP contribution in [0.3, 0.4) is 0 Å². The van der Waals surface area contributed by atoms with E-state index in [0.29, 0.717) is 18.5 Å². The van der Waals surface area contributed by atoms with E-state index in [1.54, 1.807) is 11.0 Å². The molecule has 8 heteroatoms. The van der Waals surface area contributed by atoms with Crippen LogP contribution in [0, 0.1) is 23.1 Å². The molecule has 0 unspecified atom stereocenters. The van der Waals surface area contributed by atoms with E-state index in [1.807, 2.05) is 0 Å². The van der Waals surface area contributed by atoms with Crippen LogP contribution < -0.4 is 10.2 Å². The number of rotatable bonds is 3. The highest BCUT2D eigenvalue weighted by Crippen LogP contribution is 2.38. The highest BCUT2D eigenvalue weighted by atomic mass is 19.4. The van der Waals surface area contributed by atoms with Gasteiger partial charge in [-0.1, -0.05) is 0 Å². The van der Waals surface area contributed by atoms with Crippen LogP contribution in [0.25, 0.3) is 0 Å². The third-order valence-corrected chi connectivity index (χ3v) is 4.75. The summed E-state index contributed by atoms with van der Waals surface area (Å²) in [6.45, 7) is 0.576. The van der Waals surface area contributed by atoms with Gasteiger partial charge >= 0.3 is 6.18 Å².